The molecule has 3 rings (SSSR count). The topological polar surface area (TPSA) is 53.4 Å². The second-order valence-electron chi connectivity index (χ2n) is 5.84. The standard InChI is InChI=1S/C18H20N2O2/c1-20-11-9-13(15-4-2-3-5-17(15)20)6-7-14-12-19-10-8-16(14)18(21)22/h2-5,8,10,12-13H,6-7,9,11H2,1H3,(H,21,22). The van der Waals surface area contributed by atoms with Crippen molar-refractivity contribution >= 4 is 11.7 Å². The van der Waals surface area contributed by atoms with Gasteiger partial charge in [0.25, 0.3) is 0 Å². The van der Waals surface area contributed by atoms with Gasteiger partial charge >= 0.3 is 5.97 Å². The van der Waals surface area contributed by atoms with Crippen LogP contribution in [0.1, 0.15) is 40.2 Å². The number of para-hydroxylation sites is 1. The van der Waals surface area contributed by atoms with Crippen molar-refractivity contribution in [2.24, 2.45) is 0 Å². The molecule has 0 radical (unpaired) electrons. The first-order valence-electron chi connectivity index (χ1n) is 7.63. The molecule has 0 saturated carbocycles. The number of hydrogen-bond donors (Lipinski definition) is 1. The highest BCUT2D eigenvalue weighted by Crippen LogP contribution is 2.37. The van der Waals surface area contributed by atoms with E-state index in [1.54, 1.807) is 12.3 Å². The number of benzene rings is 1. The highest BCUT2D eigenvalue weighted by molar-refractivity contribution is 5.89. The van der Waals surface area contributed by atoms with Crippen LogP contribution >= 0.6 is 0 Å². The van der Waals surface area contributed by atoms with Gasteiger partial charge in [-0.05, 0) is 48.4 Å². The average Bonchev–Trinajstić information content (AvgIpc) is 2.55. The fourth-order valence-corrected chi connectivity index (χ4v) is 3.27. The van der Waals surface area contributed by atoms with Crippen molar-refractivity contribution < 1.29 is 9.90 Å². The minimum absolute atomic E-state index is 0.371. The minimum Gasteiger partial charge on any atom is -0.478 e. The van der Waals surface area contributed by atoms with Crippen molar-refractivity contribution in [3.05, 3.63) is 59.4 Å². The van der Waals surface area contributed by atoms with Crippen LogP contribution in [0.4, 0.5) is 5.69 Å². The Morgan fingerprint density at radius 1 is 1.36 bits per heavy atom. The van der Waals surface area contributed by atoms with Gasteiger partial charge < -0.3 is 10.0 Å². The summed E-state index contributed by atoms with van der Waals surface area (Å²) in [4.78, 5) is 17.6. The monoisotopic (exact) mass is 296 g/mol. The molecule has 4 heteroatoms. The van der Waals surface area contributed by atoms with E-state index in [4.69, 9.17) is 0 Å². The van der Waals surface area contributed by atoms with Crippen molar-refractivity contribution in [3.63, 3.8) is 0 Å². The SMILES string of the molecule is CN1CCC(CCc2cnccc2C(=O)O)c2ccccc21. The van der Waals surface area contributed by atoms with Gasteiger partial charge in [0.05, 0.1) is 5.56 Å². The summed E-state index contributed by atoms with van der Waals surface area (Å²) in [6.45, 7) is 1.04. The second kappa shape index (κ2) is 6.18. The van der Waals surface area contributed by atoms with Crippen molar-refractivity contribution in [2.45, 2.75) is 25.2 Å². The molecule has 1 unspecified atom stereocenters. The van der Waals surface area contributed by atoms with Gasteiger partial charge in [0.2, 0.25) is 0 Å². The van der Waals surface area contributed by atoms with E-state index >= 15 is 0 Å². The third-order valence-corrected chi connectivity index (χ3v) is 4.50. The van der Waals surface area contributed by atoms with E-state index in [-0.39, 0.29) is 0 Å². The van der Waals surface area contributed by atoms with Crippen LogP contribution < -0.4 is 4.90 Å². The number of aromatic carboxylic acids is 1. The van der Waals surface area contributed by atoms with Gasteiger partial charge in [0, 0.05) is 31.7 Å². The molecule has 1 aromatic carbocycles. The van der Waals surface area contributed by atoms with E-state index in [1.165, 1.54) is 17.4 Å². The first kappa shape index (κ1) is 14.6. The maximum atomic E-state index is 11.3. The lowest BCUT2D eigenvalue weighted by Gasteiger charge is -2.33. The van der Waals surface area contributed by atoms with Crippen LogP contribution in [0.2, 0.25) is 0 Å². The van der Waals surface area contributed by atoms with Crippen LogP contribution in [-0.2, 0) is 6.42 Å². The number of carboxylic acid groups (broad SMARTS) is 1. The number of fused-ring (bicyclic) bond motifs is 1. The summed E-state index contributed by atoms with van der Waals surface area (Å²) in [6, 6.07) is 10.1. The van der Waals surface area contributed by atoms with Crippen molar-refractivity contribution in [1.29, 1.82) is 0 Å². The molecule has 0 spiro atoms. The molecule has 0 fully saturated rings. The molecule has 0 amide bonds. The number of nitrogens with zero attached hydrogens (tertiary/aromatic N) is 2. The van der Waals surface area contributed by atoms with Crippen LogP contribution in [-0.4, -0.2) is 29.7 Å². The summed E-state index contributed by atoms with van der Waals surface area (Å²) >= 11 is 0. The Kier molecular flexibility index (Phi) is 4.09. The van der Waals surface area contributed by atoms with Crippen LogP contribution in [0.5, 0.6) is 0 Å². The van der Waals surface area contributed by atoms with Crippen LogP contribution in [0.15, 0.2) is 42.7 Å². The number of anilines is 1. The number of pyridine rings is 1. The van der Waals surface area contributed by atoms with E-state index in [9.17, 15) is 9.90 Å². The number of carboxylic acids is 1. The number of carbonyl (C=O) groups is 1. The van der Waals surface area contributed by atoms with Gasteiger partial charge in [-0.15, -0.1) is 0 Å². The molecule has 2 heterocycles. The molecule has 0 bridgehead atoms. The maximum absolute atomic E-state index is 11.3. The number of aryl methyl sites for hydroxylation is 1. The van der Waals surface area contributed by atoms with Crippen molar-refractivity contribution in [1.82, 2.24) is 4.98 Å². The Morgan fingerprint density at radius 2 is 2.18 bits per heavy atom. The maximum Gasteiger partial charge on any atom is 0.336 e. The molecule has 1 aromatic heterocycles. The highest BCUT2D eigenvalue weighted by Gasteiger charge is 2.23. The molecule has 0 saturated heterocycles. The minimum atomic E-state index is -0.874. The number of hydrogen-bond acceptors (Lipinski definition) is 3. The van der Waals surface area contributed by atoms with E-state index in [0.29, 0.717) is 11.5 Å². The molecular formula is C18H20N2O2. The largest absolute Gasteiger partial charge is 0.478 e. The first-order chi connectivity index (χ1) is 10.7. The van der Waals surface area contributed by atoms with Gasteiger partial charge in [-0.25, -0.2) is 4.79 Å². The third-order valence-electron chi connectivity index (χ3n) is 4.50. The van der Waals surface area contributed by atoms with Crippen molar-refractivity contribution in [2.75, 3.05) is 18.5 Å². The third kappa shape index (κ3) is 2.82. The van der Waals surface area contributed by atoms with E-state index in [1.807, 2.05) is 0 Å². The molecule has 1 atom stereocenters. The second-order valence-corrected chi connectivity index (χ2v) is 5.84. The molecule has 2 aromatic rings. The zero-order valence-electron chi connectivity index (χ0n) is 12.7. The lowest BCUT2D eigenvalue weighted by atomic mass is 9.85. The predicted molar refractivity (Wildman–Crippen MR) is 86.6 cm³/mol. The summed E-state index contributed by atoms with van der Waals surface area (Å²) in [5.74, 6) is -0.393. The summed E-state index contributed by atoms with van der Waals surface area (Å²) in [7, 11) is 2.12. The molecule has 22 heavy (non-hydrogen) atoms. The predicted octanol–water partition coefficient (Wildman–Crippen LogP) is 3.34. The molecule has 1 N–H and O–H groups in total. The van der Waals surface area contributed by atoms with E-state index in [0.717, 1.165) is 31.4 Å². The first-order valence-corrected chi connectivity index (χ1v) is 7.63. The van der Waals surface area contributed by atoms with E-state index < -0.39 is 5.97 Å². The summed E-state index contributed by atoms with van der Waals surface area (Å²) in [6.07, 6.45) is 6.04. The van der Waals surface area contributed by atoms with Gasteiger partial charge in [-0.1, -0.05) is 18.2 Å². The van der Waals surface area contributed by atoms with Crippen LogP contribution in [0, 0.1) is 0 Å². The molecular weight excluding hydrogens is 276 g/mol. The summed E-state index contributed by atoms with van der Waals surface area (Å²) < 4.78 is 0. The number of aromatic nitrogens is 1. The summed E-state index contributed by atoms with van der Waals surface area (Å²) in [5.41, 5.74) is 3.86. The Hall–Kier alpha value is -2.36. The number of rotatable bonds is 4. The van der Waals surface area contributed by atoms with Gasteiger partial charge in [0.1, 0.15) is 0 Å². The quantitative estimate of drug-likeness (QED) is 0.940. The Balaban J connectivity index is 1.78. The molecule has 0 aliphatic carbocycles. The van der Waals surface area contributed by atoms with Gasteiger partial charge in [-0.3, -0.25) is 4.98 Å². The van der Waals surface area contributed by atoms with Gasteiger partial charge in [0.15, 0.2) is 0 Å². The van der Waals surface area contributed by atoms with Crippen LogP contribution in [0.3, 0.4) is 0 Å². The molecule has 1 aliphatic rings. The average molecular weight is 296 g/mol. The lowest BCUT2D eigenvalue weighted by molar-refractivity contribution is 0.0695. The van der Waals surface area contributed by atoms with E-state index in [2.05, 4.69) is 41.2 Å². The molecule has 1 aliphatic heterocycles. The Bertz CT molecular complexity index is 684. The zero-order valence-corrected chi connectivity index (χ0v) is 12.7. The Morgan fingerprint density at radius 3 is 3.00 bits per heavy atom. The normalized spacial score (nSPS) is 17.1. The van der Waals surface area contributed by atoms with Crippen LogP contribution in [0.25, 0.3) is 0 Å². The Labute approximate surface area is 130 Å². The fourth-order valence-electron chi connectivity index (χ4n) is 3.27. The summed E-state index contributed by atoms with van der Waals surface area (Å²) in [5, 5.41) is 9.26. The zero-order chi connectivity index (χ0) is 15.5. The highest BCUT2D eigenvalue weighted by atomic mass is 16.4. The molecule has 4 nitrogen and oxygen atoms in total. The lowest BCUT2D eigenvalue weighted by Crippen LogP contribution is -2.27. The van der Waals surface area contributed by atoms with Crippen molar-refractivity contribution in [3.8, 4) is 0 Å². The smallest absolute Gasteiger partial charge is 0.336 e. The fraction of sp³-hybridized carbons (Fsp3) is 0.333. The molecule has 114 valence electrons. The van der Waals surface area contributed by atoms with Gasteiger partial charge in [-0.2, -0.15) is 0 Å².